The van der Waals surface area contributed by atoms with Gasteiger partial charge in [0.05, 0.1) is 48.7 Å². The van der Waals surface area contributed by atoms with Crippen molar-refractivity contribution in [2.45, 2.75) is 12.5 Å². The summed E-state index contributed by atoms with van der Waals surface area (Å²) in [6.45, 7) is 3.11. The maximum Gasteiger partial charge on any atom is 0.223 e. The van der Waals surface area contributed by atoms with Gasteiger partial charge in [-0.15, -0.1) is 0 Å². The first-order valence-corrected chi connectivity index (χ1v) is 12.2. The molecule has 0 spiro atoms. The van der Waals surface area contributed by atoms with Gasteiger partial charge in [0.15, 0.2) is 5.65 Å². The van der Waals surface area contributed by atoms with Crippen LogP contribution >= 0.6 is 11.6 Å². The second kappa shape index (κ2) is 8.73. The van der Waals surface area contributed by atoms with Gasteiger partial charge in [0.1, 0.15) is 17.1 Å². The van der Waals surface area contributed by atoms with Crippen molar-refractivity contribution in [2.75, 3.05) is 43.6 Å². The summed E-state index contributed by atoms with van der Waals surface area (Å²) in [5, 5.41) is 3.97. The highest BCUT2D eigenvalue weighted by Crippen LogP contribution is 2.46. The molecule has 182 valence electrons. The minimum Gasteiger partial charge on any atom is -0.496 e. The summed E-state index contributed by atoms with van der Waals surface area (Å²) >= 11 is 6.58. The number of morpholine rings is 1. The van der Waals surface area contributed by atoms with Crippen molar-refractivity contribution in [1.82, 2.24) is 15.0 Å². The van der Waals surface area contributed by atoms with E-state index in [1.165, 1.54) is 0 Å². The van der Waals surface area contributed by atoms with Gasteiger partial charge in [-0.3, -0.25) is 4.79 Å². The lowest BCUT2D eigenvalue weighted by atomic mass is 9.88. The first-order chi connectivity index (χ1) is 17.0. The molecule has 2 aromatic heterocycles. The van der Waals surface area contributed by atoms with Crippen LogP contribution in [0.15, 0.2) is 36.5 Å². The number of benzene rings is 1. The molecule has 10 heteroatoms. The molecule has 35 heavy (non-hydrogen) atoms. The quantitative estimate of drug-likeness (QED) is 0.450. The Morgan fingerprint density at radius 1 is 1.29 bits per heavy atom. The molecule has 2 bridgehead atoms. The summed E-state index contributed by atoms with van der Waals surface area (Å²) < 4.78 is 11.2. The minimum atomic E-state index is -0.295. The zero-order chi connectivity index (χ0) is 24.1. The van der Waals surface area contributed by atoms with Crippen molar-refractivity contribution >= 4 is 40.0 Å². The highest BCUT2D eigenvalue weighted by molar-refractivity contribution is 6.34. The van der Waals surface area contributed by atoms with E-state index in [0.717, 1.165) is 30.8 Å². The van der Waals surface area contributed by atoms with Gasteiger partial charge in [0.25, 0.3) is 0 Å². The number of carbonyl (C=O) groups is 1. The van der Waals surface area contributed by atoms with E-state index in [-0.39, 0.29) is 29.7 Å². The number of anilines is 2. The van der Waals surface area contributed by atoms with E-state index in [0.29, 0.717) is 46.7 Å². The van der Waals surface area contributed by atoms with E-state index in [2.05, 4.69) is 38.4 Å². The number of hydrogen-bond donors (Lipinski definition) is 3. The fraction of sp³-hybridized carbons (Fsp3) is 0.400. The molecule has 0 unspecified atom stereocenters. The van der Waals surface area contributed by atoms with Crippen molar-refractivity contribution in [3.63, 3.8) is 0 Å². The van der Waals surface area contributed by atoms with E-state index in [9.17, 15) is 4.79 Å². The Morgan fingerprint density at radius 2 is 2.09 bits per heavy atom. The Morgan fingerprint density at radius 3 is 2.86 bits per heavy atom. The fourth-order valence-electron chi connectivity index (χ4n) is 5.67. The number of fused-ring (bicyclic) bond motifs is 3. The third kappa shape index (κ3) is 3.79. The predicted molar refractivity (Wildman–Crippen MR) is 135 cm³/mol. The number of hydrogen-bond acceptors (Lipinski definition) is 7. The molecule has 3 aromatic rings. The molecule has 4 atom stereocenters. The van der Waals surface area contributed by atoms with Crippen LogP contribution in [0.4, 0.5) is 11.4 Å². The Labute approximate surface area is 207 Å². The maximum atomic E-state index is 12.2. The minimum absolute atomic E-state index is 0.125. The molecule has 1 saturated heterocycles. The number of primary amides is 1. The lowest BCUT2D eigenvalue weighted by molar-refractivity contribution is -0.122. The fourth-order valence-corrected chi connectivity index (χ4v) is 5.87. The topological polar surface area (TPSA) is 118 Å². The van der Waals surface area contributed by atoms with Crippen LogP contribution in [0, 0.1) is 17.8 Å². The number of H-pyrrole nitrogens is 1. The number of pyridine rings is 1. The van der Waals surface area contributed by atoms with Gasteiger partial charge in [-0.2, -0.15) is 0 Å². The van der Waals surface area contributed by atoms with E-state index < -0.39 is 0 Å². The van der Waals surface area contributed by atoms with Crippen LogP contribution in [0.3, 0.4) is 0 Å². The number of allylic oxidation sites excluding steroid dienone is 1. The number of aromatic nitrogens is 3. The lowest BCUT2D eigenvalue weighted by Crippen LogP contribution is -2.41. The highest BCUT2D eigenvalue weighted by atomic mass is 35.5. The average Bonchev–Trinajstić information content (AvgIpc) is 3.60. The summed E-state index contributed by atoms with van der Waals surface area (Å²) in [4.78, 5) is 27.0. The monoisotopic (exact) mass is 494 g/mol. The third-order valence-electron chi connectivity index (χ3n) is 7.39. The average molecular weight is 495 g/mol. The second-order valence-electron chi connectivity index (χ2n) is 9.30. The number of aromatic amines is 1. The Balaban J connectivity index is 1.36. The number of ether oxygens (including phenoxy) is 2. The largest absolute Gasteiger partial charge is 0.496 e. The normalized spacial score (nSPS) is 25.4. The van der Waals surface area contributed by atoms with Crippen LogP contribution < -0.4 is 20.7 Å². The third-order valence-corrected chi connectivity index (χ3v) is 7.68. The van der Waals surface area contributed by atoms with E-state index >= 15 is 0 Å². The molecule has 2 aliphatic carbocycles. The van der Waals surface area contributed by atoms with Gasteiger partial charge in [-0.1, -0.05) is 23.8 Å². The van der Waals surface area contributed by atoms with Gasteiger partial charge in [-0.25, -0.2) is 9.97 Å². The van der Waals surface area contributed by atoms with Gasteiger partial charge in [0.2, 0.25) is 5.91 Å². The molecule has 6 rings (SSSR count). The van der Waals surface area contributed by atoms with Crippen LogP contribution in [0.1, 0.15) is 6.42 Å². The number of nitrogens with one attached hydrogen (secondary N) is 2. The Bertz CT molecular complexity index is 1320. The maximum absolute atomic E-state index is 12.2. The van der Waals surface area contributed by atoms with Crippen LogP contribution in [0.2, 0.25) is 5.02 Å². The summed E-state index contributed by atoms with van der Waals surface area (Å²) in [5.74, 6) is 1.16. The second-order valence-corrected chi connectivity index (χ2v) is 9.70. The standard InChI is InChI=1S/C25H27ClN6O3/c1-34-18-11-15(32-6-8-35-9-7-32)4-5-16(18)24-30-22-21(17(26)12-28-25(22)31-24)29-20-14-3-2-13(10-14)19(20)23(27)33/h2-5,11-14,19-20H,6-10H2,1H3,(H2,27,33)(H2,28,29,30,31)/t13-,14+,19+,20-/m1/s1. The molecule has 0 radical (unpaired) electrons. The number of imidazole rings is 1. The van der Waals surface area contributed by atoms with Crippen molar-refractivity contribution in [1.29, 1.82) is 0 Å². The van der Waals surface area contributed by atoms with Gasteiger partial charge >= 0.3 is 0 Å². The Kier molecular flexibility index (Phi) is 5.53. The molecule has 3 aliphatic rings. The van der Waals surface area contributed by atoms with E-state index in [1.54, 1.807) is 13.3 Å². The van der Waals surface area contributed by atoms with E-state index in [4.69, 9.17) is 31.8 Å². The van der Waals surface area contributed by atoms with Crippen LogP contribution in [0.25, 0.3) is 22.6 Å². The van der Waals surface area contributed by atoms with Crippen LogP contribution in [0.5, 0.6) is 5.75 Å². The number of methoxy groups -OCH3 is 1. The molecular formula is C25H27ClN6O3. The molecule has 4 N–H and O–H groups in total. The van der Waals surface area contributed by atoms with E-state index in [1.807, 2.05) is 12.1 Å². The van der Waals surface area contributed by atoms with Crippen molar-refractivity contribution in [2.24, 2.45) is 23.5 Å². The number of nitrogens with two attached hydrogens (primary N) is 1. The number of nitrogens with zero attached hydrogens (tertiary/aromatic N) is 3. The zero-order valence-electron chi connectivity index (χ0n) is 19.3. The van der Waals surface area contributed by atoms with Crippen molar-refractivity contribution in [3.8, 4) is 17.1 Å². The lowest BCUT2D eigenvalue weighted by Gasteiger charge is -2.29. The number of rotatable bonds is 6. The van der Waals surface area contributed by atoms with Gasteiger partial charge in [0, 0.05) is 30.9 Å². The molecule has 2 fully saturated rings. The first kappa shape index (κ1) is 22.2. The smallest absolute Gasteiger partial charge is 0.223 e. The number of amides is 1. The molecule has 1 saturated carbocycles. The molecule has 3 heterocycles. The molecule has 9 nitrogen and oxygen atoms in total. The Hall–Kier alpha value is -3.30. The summed E-state index contributed by atoms with van der Waals surface area (Å²) in [5.41, 5.74) is 9.54. The summed E-state index contributed by atoms with van der Waals surface area (Å²) in [6, 6.07) is 5.96. The molecule has 1 aromatic carbocycles. The first-order valence-electron chi connectivity index (χ1n) is 11.8. The van der Waals surface area contributed by atoms with Gasteiger partial charge in [-0.05, 0) is 30.4 Å². The molecule has 1 aliphatic heterocycles. The van der Waals surface area contributed by atoms with Crippen LogP contribution in [-0.4, -0.2) is 60.3 Å². The van der Waals surface area contributed by atoms with Gasteiger partial charge < -0.3 is 30.4 Å². The number of halogens is 1. The molecule has 1 amide bonds. The summed E-state index contributed by atoms with van der Waals surface area (Å²) in [7, 11) is 1.65. The SMILES string of the molecule is COc1cc(N2CCOCC2)ccc1-c1nc2ncc(Cl)c(N[C@H]3[C@@H](C(N)=O)[C@@H]4C=C[C@H]3C4)c2[nH]1. The van der Waals surface area contributed by atoms with Crippen molar-refractivity contribution in [3.05, 3.63) is 41.6 Å². The number of carbonyl (C=O) groups excluding carboxylic acids is 1. The van der Waals surface area contributed by atoms with Crippen LogP contribution in [-0.2, 0) is 9.53 Å². The summed E-state index contributed by atoms with van der Waals surface area (Å²) in [6.07, 6.45) is 6.76. The molecular weight excluding hydrogens is 468 g/mol. The van der Waals surface area contributed by atoms with Crippen molar-refractivity contribution < 1.29 is 14.3 Å². The zero-order valence-corrected chi connectivity index (χ0v) is 20.1. The predicted octanol–water partition coefficient (Wildman–Crippen LogP) is 3.21. The highest BCUT2D eigenvalue weighted by Gasteiger charge is 2.47.